The highest BCUT2D eigenvalue weighted by atomic mass is 16.2. The molecular formula is C14H21N5O2. The van der Waals surface area contributed by atoms with Gasteiger partial charge in [-0.3, -0.25) is 19.3 Å². The second-order valence-corrected chi connectivity index (χ2v) is 5.63. The van der Waals surface area contributed by atoms with Gasteiger partial charge in [-0.05, 0) is 25.5 Å². The van der Waals surface area contributed by atoms with Crippen LogP contribution in [0.4, 0.5) is 4.79 Å². The monoisotopic (exact) mass is 291 g/mol. The van der Waals surface area contributed by atoms with Crippen LogP contribution in [0.3, 0.4) is 0 Å². The predicted molar refractivity (Wildman–Crippen MR) is 76.6 cm³/mol. The summed E-state index contributed by atoms with van der Waals surface area (Å²) in [5.74, 6) is -0.0997. The predicted octanol–water partition coefficient (Wildman–Crippen LogP) is 0.289. The number of carbonyl (C=O) groups excluding carboxylic acids is 2. The topological polar surface area (TPSA) is 70.5 Å². The lowest BCUT2D eigenvalue weighted by Crippen LogP contribution is -2.48. The summed E-state index contributed by atoms with van der Waals surface area (Å²) in [6.07, 6.45) is 7.07. The van der Waals surface area contributed by atoms with E-state index >= 15 is 0 Å². The van der Waals surface area contributed by atoms with Crippen molar-refractivity contribution in [2.75, 3.05) is 26.2 Å². The number of rotatable bonds is 4. The molecule has 7 heteroatoms. The number of urea groups is 1. The van der Waals surface area contributed by atoms with Crippen LogP contribution in [-0.2, 0) is 11.3 Å². The number of amides is 3. The normalized spacial score (nSPS) is 23.3. The van der Waals surface area contributed by atoms with Gasteiger partial charge in [-0.25, -0.2) is 4.79 Å². The Morgan fingerprint density at radius 1 is 1.38 bits per heavy atom. The fourth-order valence-corrected chi connectivity index (χ4v) is 3.07. The summed E-state index contributed by atoms with van der Waals surface area (Å²) in [5, 5.41) is 6.91. The van der Waals surface area contributed by atoms with Crippen molar-refractivity contribution < 1.29 is 9.59 Å². The lowest BCUT2D eigenvalue weighted by molar-refractivity contribution is -0.129. The zero-order valence-corrected chi connectivity index (χ0v) is 12.1. The molecule has 7 nitrogen and oxygen atoms in total. The first kappa shape index (κ1) is 14.1. The summed E-state index contributed by atoms with van der Waals surface area (Å²) >= 11 is 0. The van der Waals surface area contributed by atoms with E-state index in [4.69, 9.17) is 0 Å². The van der Waals surface area contributed by atoms with Crippen molar-refractivity contribution in [3.63, 3.8) is 0 Å². The Balaban J connectivity index is 1.61. The van der Waals surface area contributed by atoms with Gasteiger partial charge in [0, 0.05) is 31.5 Å². The van der Waals surface area contributed by atoms with Crippen molar-refractivity contribution in [2.45, 2.75) is 31.8 Å². The highest BCUT2D eigenvalue weighted by molar-refractivity contribution is 5.96. The molecule has 3 rings (SSSR count). The fourth-order valence-electron chi connectivity index (χ4n) is 3.07. The Hall–Kier alpha value is -1.89. The number of piperidine rings is 1. The zero-order valence-electron chi connectivity index (χ0n) is 12.1. The Kier molecular flexibility index (Phi) is 4.19. The SMILES string of the molecule is O=C(CN1CCCC[C@@H]1Cn1cccn1)N1CCNC1=O. The van der Waals surface area contributed by atoms with E-state index in [0.29, 0.717) is 25.7 Å². The molecule has 2 saturated heterocycles. The van der Waals surface area contributed by atoms with Crippen molar-refractivity contribution in [3.8, 4) is 0 Å². The van der Waals surface area contributed by atoms with Gasteiger partial charge in [-0.2, -0.15) is 5.10 Å². The average molecular weight is 291 g/mol. The zero-order chi connectivity index (χ0) is 14.7. The van der Waals surface area contributed by atoms with E-state index < -0.39 is 0 Å². The number of likely N-dealkylation sites (tertiary alicyclic amines) is 1. The van der Waals surface area contributed by atoms with E-state index in [-0.39, 0.29) is 11.9 Å². The van der Waals surface area contributed by atoms with Gasteiger partial charge in [0.15, 0.2) is 0 Å². The minimum Gasteiger partial charge on any atom is -0.336 e. The van der Waals surface area contributed by atoms with Crippen molar-refractivity contribution in [3.05, 3.63) is 18.5 Å². The molecule has 1 aromatic rings. The molecule has 2 fully saturated rings. The van der Waals surface area contributed by atoms with Crippen LogP contribution in [0, 0.1) is 0 Å². The van der Waals surface area contributed by atoms with Crippen LogP contribution in [-0.4, -0.2) is 63.7 Å². The van der Waals surface area contributed by atoms with Gasteiger partial charge >= 0.3 is 6.03 Å². The summed E-state index contributed by atoms with van der Waals surface area (Å²) < 4.78 is 1.91. The molecule has 1 atom stereocenters. The van der Waals surface area contributed by atoms with E-state index in [1.54, 1.807) is 6.20 Å². The number of hydrogen-bond donors (Lipinski definition) is 1. The van der Waals surface area contributed by atoms with Crippen LogP contribution in [0.2, 0.25) is 0 Å². The van der Waals surface area contributed by atoms with Gasteiger partial charge in [0.25, 0.3) is 0 Å². The molecule has 3 amide bonds. The maximum atomic E-state index is 12.3. The van der Waals surface area contributed by atoms with E-state index in [9.17, 15) is 9.59 Å². The molecule has 0 saturated carbocycles. The molecule has 0 bridgehead atoms. The molecule has 1 N–H and O–H groups in total. The maximum Gasteiger partial charge on any atom is 0.324 e. The van der Waals surface area contributed by atoms with Gasteiger partial charge in [0.05, 0.1) is 13.1 Å². The number of nitrogens with zero attached hydrogens (tertiary/aromatic N) is 4. The highest BCUT2D eigenvalue weighted by Crippen LogP contribution is 2.18. The maximum absolute atomic E-state index is 12.3. The summed E-state index contributed by atoms with van der Waals surface area (Å²) in [7, 11) is 0. The Labute approximate surface area is 123 Å². The lowest BCUT2D eigenvalue weighted by atomic mass is 10.0. The standard InChI is InChI=1S/C14H21N5O2/c20-13(19-9-6-15-14(19)21)11-17-7-2-1-4-12(17)10-18-8-3-5-16-18/h3,5,8,12H,1-2,4,6-7,9-11H2,(H,15,21)/t12-/m1/s1. The van der Waals surface area contributed by atoms with Crippen LogP contribution in [0.1, 0.15) is 19.3 Å². The lowest BCUT2D eigenvalue weighted by Gasteiger charge is -2.35. The van der Waals surface area contributed by atoms with Crippen LogP contribution in [0.15, 0.2) is 18.5 Å². The second kappa shape index (κ2) is 6.26. The third-order valence-electron chi connectivity index (χ3n) is 4.20. The largest absolute Gasteiger partial charge is 0.336 e. The van der Waals surface area contributed by atoms with E-state index in [1.807, 2.05) is 16.9 Å². The second-order valence-electron chi connectivity index (χ2n) is 5.63. The van der Waals surface area contributed by atoms with E-state index in [1.165, 1.54) is 11.3 Å². The average Bonchev–Trinajstić information content (AvgIpc) is 3.12. The minimum absolute atomic E-state index is 0.0997. The number of aromatic nitrogens is 2. The molecular weight excluding hydrogens is 270 g/mol. The van der Waals surface area contributed by atoms with Gasteiger partial charge < -0.3 is 5.32 Å². The minimum atomic E-state index is -0.263. The van der Waals surface area contributed by atoms with Gasteiger partial charge in [0.2, 0.25) is 5.91 Å². The molecule has 21 heavy (non-hydrogen) atoms. The summed E-state index contributed by atoms with van der Waals surface area (Å²) in [4.78, 5) is 27.3. The van der Waals surface area contributed by atoms with Crippen LogP contribution in [0.25, 0.3) is 0 Å². The first-order chi connectivity index (χ1) is 10.2. The molecule has 2 aliphatic heterocycles. The molecule has 0 aliphatic carbocycles. The molecule has 0 unspecified atom stereocenters. The van der Waals surface area contributed by atoms with Crippen LogP contribution < -0.4 is 5.32 Å². The number of nitrogens with one attached hydrogen (secondary N) is 1. The van der Waals surface area contributed by atoms with Crippen LogP contribution >= 0.6 is 0 Å². The number of carbonyl (C=O) groups is 2. The first-order valence-corrected chi connectivity index (χ1v) is 7.54. The summed E-state index contributed by atoms with van der Waals surface area (Å²) in [5.41, 5.74) is 0. The quantitative estimate of drug-likeness (QED) is 0.865. The molecule has 1 aromatic heterocycles. The van der Waals surface area contributed by atoms with Gasteiger partial charge in [0.1, 0.15) is 0 Å². The molecule has 0 radical (unpaired) electrons. The first-order valence-electron chi connectivity index (χ1n) is 7.54. The number of imide groups is 1. The van der Waals surface area contributed by atoms with Crippen LogP contribution in [0.5, 0.6) is 0 Å². The van der Waals surface area contributed by atoms with Gasteiger partial charge in [-0.1, -0.05) is 6.42 Å². The molecule has 0 aromatic carbocycles. The van der Waals surface area contributed by atoms with Gasteiger partial charge in [-0.15, -0.1) is 0 Å². The van der Waals surface area contributed by atoms with Crippen molar-refractivity contribution in [1.29, 1.82) is 0 Å². The summed E-state index contributed by atoms with van der Waals surface area (Å²) in [6, 6.07) is 1.96. The Bertz CT molecular complexity index is 501. The Morgan fingerprint density at radius 2 is 2.29 bits per heavy atom. The fraction of sp³-hybridized carbons (Fsp3) is 0.643. The smallest absolute Gasteiger partial charge is 0.324 e. The molecule has 0 spiro atoms. The summed E-state index contributed by atoms with van der Waals surface area (Å²) in [6.45, 7) is 3.07. The van der Waals surface area contributed by atoms with Crippen molar-refractivity contribution >= 4 is 11.9 Å². The van der Waals surface area contributed by atoms with Crippen molar-refractivity contribution in [1.82, 2.24) is 24.9 Å². The molecule has 2 aliphatic rings. The molecule has 114 valence electrons. The molecule has 3 heterocycles. The van der Waals surface area contributed by atoms with E-state index in [0.717, 1.165) is 25.9 Å². The Morgan fingerprint density at radius 3 is 3.00 bits per heavy atom. The highest BCUT2D eigenvalue weighted by Gasteiger charge is 2.30. The third-order valence-corrected chi connectivity index (χ3v) is 4.20. The van der Waals surface area contributed by atoms with Crippen molar-refractivity contribution in [2.24, 2.45) is 0 Å². The third kappa shape index (κ3) is 3.24. The number of hydrogen-bond acceptors (Lipinski definition) is 4. The van der Waals surface area contributed by atoms with E-state index in [2.05, 4.69) is 15.3 Å².